The Bertz CT molecular complexity index is 139. The monoisotopic (exact) mass is 189 g/mol. The fourth-order valence-electron chi connectivity index (χ4n) is 1.07. The van der Waals surface area contributed by atoms with Crippen molar-refractivity contribution < 1.29 is 15.0 Å². The van der Waals surface area contributed by atoms with Gasteiger partial charge in [-0.05, 0) is 32.9 Å². The molecule has 0 aliphatic rings. The summed E-state index contributed by atoms with van der Waals surface area (Å²) in [6, 6.07) is 0. The van der Waals surface area contributed by atoms with Crippen LogP contribution < -0.4 is 0 Å². The summed E-state index contributed by atoms with van der Waals surface area (Å²) in [4.78, 5) is 12.2. The maximum Gasteiger partial charge on any atom is 0.304 e. The van der Waals surface area contributed by atoms with E-state index in [4.69, 9.17) is 10.2 Å². The van der Waals surface area contributed by atoms with E-state index < -0.39 is 5.97 Å². The fourth-order valence-corrected chi connectivity index (χ4v) is 1.07. The number of rotatable bonds is 8. The molecule has 78 valence electrons. The maximum absolute atomic E-state index is 10.2. The number of carboxylic acid groups (broad SMARTS) is 1. The molecule has 4 nitrogen and oxygen atoms in total. The van der Waals surface area contributed by atoms with E-state index in [2.05, 4.69) is 0 Å². The summed E-state index contributed by atoms with van der Waals surface area (Å²) in [5.74, 6) is -0.748. The minimum absolute atomic E-state index is 0.205. The van der Waals surface area contributed by atoms with E-state index >= 15 is 0 Å². The van der Waals surface area contributed by atoms with Gasteiger partial charge in [0.1, 0.15) is 0 Å². The summed E-state index contributed by atoms with van der Waals surface area (Å²) < 4.78 is 0. The molecule has 0 aliphatic carbocycles. The zero-order valence-corrected chi connectivity index (χ0v) is 8.20. The number of carboxylic acids is 1. The average Bonchev–Trinajstić information content (AvgIpc) is 2.09. The Morgan fingerprint density at radius 3 is 2.46 bits per heavy atom. The van der Waals surface area contributed by atoms with Crippen LogP contribution in [0.1, 0.15) is 25.7 Å². The normalized spacial score (nSPS) is 10.7. The largest absolute Gasteiger partial charge is 0.481 e. The first-order valence-corrected chi connectivity index (χ1v) is 4.68. The van der Waals surface area contributed by atoms with Gasteiger partial charge in [0.2, 0.25) is 0 Å². The molecular formula is C9H19NO3. The van der Waals surface area contributed by atoms with Crippen molar-refractivity contribution >= 4 is 5.97 Å². The molecular weight excluding hydrogens is 170 g/mol. The molecule has 13 heavy (non-hydrogen) atoms. The van der Waals surface area contributed by atoms with E-state index in [-0.39, 0.29) is 13.0 Å². The number of hydrogen-bond acceptors (Lipinski definition) is 3. The van der Waals surface area contributed by atoms with Crippen molar-refractivity contribution in [3.63, 3.8) is 0 Å². The zero-order chi connectivity index (χ0) is 10.1. The highest BCUT2D eigenvalue weighted by molar-refractivity contribution is 5.66. The van der Waals surface area contributed by atoms with Crippen molar-refractivity contribution in [1.82, 2.24) is 4.90 Å². The predicted octanol–water partition coefficient (Wildman–Crippen LogP) is 0.556. The van der Waals surface area contributed by atoms with Gasteiger partial charge >= 0.3 is 5.97 Å². The smallest absolute Gasteiger partial charge is 0.304 e. The van der Waals surface area contributed by atoms with Gasteiger partial charge in [0.15, 0.2) is 0 Å². The lowest BCUT2D eigenvalue weighted by atomic mass is 10.2. The van der Waals surface area contributed by atoms with Crippen LogP contribution in [-0.2, 0) is 4.79 Å². The van der Waals surface area contributed by atoms with Crippen molar-refractivity contribution in [2.75, 3.05) is 26.7 Å². The molecule has 4 heteroatoms. The molecule has 0 radical (unpaired) electrons. The molecule has 0 saturated carbocycles. The maximum atomic E-state index is 10.2. The van der Waals surface area contributed by atoms with Crippen LogP contribution in [0.5, 0.6) is 0 Å². The van der Waals surface area contributed by atoms with Crippen LogP contribution in [0.15, 0.2) is 0 Å². The van der Waals surface area contributed by atoms with Crippen LogP contribution in [0.4, 0.5) is 0 Å². The van der Waals surface area contributed by atoms with Crippen LogP contribution in [-0.4, -0.2) is 47.8 Å². The van der Waals surface area contributed by atoms with E-state index in [0.29, 0.717) is 6.54 Å². The average molecular weight is 189 g/mol. The molecule has 0 aliphatic heterocycles. The number of aliphatic hydroxyl groups excluding tert-OH is 1. The first kappa shape index (κ1) is 12.4. The van der Waals surface area contributed by atoms with Crippen molar-refractivity contribution in [3.8, 4) is 0 Å². The second-order valence-corrected chi connectivity index (χ2v) is 3.23. The molecule has 0 unspecified atom stereocenters. The van der Waals surface area contributed by atoms with Gasteiger partial charge in [0.05, 0.1) is 6.42 Å². The summed E-state index contributed by atoms with van der Waals surface area (Å²) >= 11 is 0. The molecule has 0 aromatic carbocycles. The molecule has 0 fully saturated rings. The topological polar surface area (TPSA) is 60.8 Å². The lowest BCUT2D eigenvalue weighted by Gasteiger charge is -2.14. The van der Waals surface area contributed by atoms with Gasteiger partial charge in [-0.2, -0.15) is 0 Å². The van der Waals surface area contributed by atoms with Crippen molar-refractivity contribution in [1.29, 1.82) is 0 Å². The van der Waals surface area contributed by atoms with Gasteiger partial charge < -0.3 is 15.1 Å². The Balaban J connectivity index is 3.19. The summed E-state index contributed by atoms with van der Waals surface area (Å²) in [5, 5.41) is 16.9. The Hall–Kier alpha value is -0.610. The summed E-state index contributed by atoms with van der Waals surface area (Å²) in [7, 11) is 1.92. The summed E-state index contributed by atoms with van der Waals surface area (Å²) in [6.45, 7) is 1.76. The molecule has 2 N–H and O–H groups in total. The molecule has 0 aromatic heterocycles. The van der Waals surface area contributed by atoms with Crippen LogP contribution in [0.25, 0.3) is 0 Å². The Morgan fingerprint density at radius 2 is 1.92 bits per heavy atom. The van der Waals surface area contributed by atoms with Crippen molar-refractivity contribution in [2.45, 2.75) is 25.7 Å². The van der Waals surface area contributed by atoms with Crippen molar-refractivity contribution in [3.05, 3.63) is 0 Å². The van der Waals surface area contributed by atoms with E-state index in [1.165, 1.54) is 0 Å². The minimum Gasteiger partial charge on any atom is -0.481 e. The predicted molar refractivity (Wildman–Crippen MR) is 50.7 cm³/mol. The first-order chi connectivity index (χ1) is 6.16. The van der Waals surface area contributed by atoms with E-state index in [1.807, 2.05) is 11.9 Å². The van der Waals surface area contributed by atoms with Gasteiger partial charge in [0, 0.05) is 13.2 Å². The van der Waals surface area contributed by atoms with E-state index in [0.717, 1.165) is 25.8 Å². The summed E-state index contributed by atoms with van der Waals surface area (Å²) in [6.07, 6.45) is 3.08. The Labute approximate surface area is 79.2 Å². The lowest BCUT2D eigenvalue weighted by Crippen LogP contribution is -2.22. The first-order valence-electron chi connectivity index (χ1n) is 4.68. The van der Waals surface area contributed by atoms with Crippen LogP contribution >= 0.6 is 0 Å². The highest BCUT2D eigenvalue weighted by atomic mass is 16.4. The highest BCUT2D eigenvalue weighted by Gasteiger charge is 2.01. The molecule has 0 spiro atoms. The van der Waals surface area contributed by atoms with Gasteiger partial charge in [0.25, 0.3) is 0 Å². The molecule has 0 aromatic rings. The Kier molecular flexibility index (Phi) is 7.63. The van der Waals surface area contributed by atoms with E-state index in [1.54, 1.807) is 0 Å². The van der Waals surface area contributed by atoms with Crippen LogP contribution in [0, 0.1) is 0 Å². The second kappa shape index (κ2) is 8.01. The number of aliphatic carboxylic acids is 1. The fraction of sp³-hybridized carbons (Fsp3) is 0.889. The lowest BCUT2D eigenvalue weighted by molar-refractivity contribution is -0.137. The number of nitrogens with zero attached hydrogens (tertiary/aromatic N) is 1. The number of hydrogen-bond donors (Lipinski definition) is 2. The molecule has 0 amide bonds. The van der Waals surface area contributed by atoms with Gasteiger partial charge in [-0.1, -0.05) is 0 Å². The highest BCUT2D eigenvalue weighted by Crippen LogP contribution is 1.97. The Morgan fingerprint density at radius 1 is 1.23 bits per heavy atom. The number of carbonyl (C=O) groups is 1. The van der Waals surface area contributed by atoms with Gasteiger partial charge in [-0.25, -0.2) is 0 Å². The number of unbranched alkanes of at least 4 members (excludes halogenated alkanes) is 2. The SMILES string of the molecule is CN(CCCCCO)CCC(=O)O. The second-order valence-electron chi connectivity index (χ2n) is 3.23. The summed E-state index contributed by atoms with van der Waals surface area (Å²) in [5.41, 5.74) is 0. The van der Waals surface area contributed by atoms with Crippen molar-refractivity contribution in [2.24, 2.45) is 0 Å². The quantitative estimate of drug-likeness (QED) is 0.548. The zero-order valence-electron chi connectivity index (χ0n) is 8.20. The van der Waals surface area contributed by atoms with Gasteiger partial charge in [-0.15, -0.1) is 0 Å². The molecule has 0 heterocycles. The molecule has 0 rings (SSSR count). The third-order valence-electron chi connectivity index (χ3n) is 1.91. The molecule has 0 bridgehead atoms. The standard InChI is InChI=1S/C9H19NO3/c1-10(7-5-9(12)13)6-3-2-4-8-11/h11H,2-8H2,1H3,(H,12,13). The third-order valence-corrected chi connectivity index (χ3v) is 1.91. The van der Waals surface area contributed by atoms with Gasteiger partial charge in [-0.3, -0.25) is 4.79 Å². The number of aliphatic hydroxyl groups is 1. The van der Waals surface area contributed by atoms with E-state index in [9.17, 15) is 4.79 Å². The minimum atomic E-state index is -0.748. The molecule has 0 atom stereocenters. The van der Waals surface area contributed by atoms with Crippen LogP contribution in [0.2, 0.25) is 0 Å². The van der Waals surface area contributed by atoms with Crippen LogP contribution in [0.3, 0.4) is 0 Å². The third kappa shape index (κ3) is 9.30. The molecule has 0 saturated heterocycles.